The largest absolute Gasteiger partial charge is 0.342 e. The van der Waals surface area contributed by atoms with Crippen LogP contribution < -0.4 is 0 Å². The molecule has 3 aromatic rings. The molecule has 1 aliphatic heterocycles. The number of carbonyl (C=O) groups is 1. The fraction of sp³-hybridized carbons (Fsp3) is 0.318. The van der Waals surface area contributed by atoms with Crippen molar-refractivity contribution in [3.8, 4) is 11.4 Å². The fourth-order valence-corrected chi connectivity index (χ4v) is 3.71. The molecule has 0 N–H and O–H groups in total. The Morgan fingerprint density at radius 2 is 1.86 bits per heavy atom. The Morgan fingerprint density at radius 3 is 2.66 bits per heavy atom. The zero-order chi connectivity index (χ0) is 20.2. The number of amides is 1. The van der Waals surface area contributed by atoms with Crippen molar-refractivity contribution in [2.75, 3.05) is 13.1 Å². The topological polar surface area (TPSA) is 59.2 Å². The third-order valence-corrected chi connectivity index (χ3v) is 5.22. The first kappa shape index (κ1) is 19.2. The van der Waals surface area contributed by atoms with Crippen molar-refractivity contribution in [3.63, 3.8) is 0 Å². The van der Waals surface area contributed by atoms with E-state index in [2.05, 4.69) is 10.1 Å². The average molecular weight is 397 g/mol. The maximum Gasteiger partial charge on any atom is 0.227 e. The normalized spacial score (nSPS) is 16.8. The van der Waals surface area contributed by atoms with E-state index in [0.29, 0.717) is 36.5 Å². The van der Waals surface area contributed by atoms with Gasteiger partial charge in [0.1, 0.15) is 11.6 Å². The lowest BCUT2D eigenvalue weighted by atomic mass is 9.94. The van der Waals surface area contributed by atoms with E-state index in [9.17, 15) is 13.6 Å². The van der Waals surface area contributed by atoms with Gasteiger partial charge in [-0.2, -0.15) is 4.98 Å². The van der Waals surface area contributed by atoms with Crippen LogP contribution in [0.3, 0.4) is 0 Å². The van der Waals surface area contributed by atoms with E-state index in [1.165, 1.54) is 12.1 Å². The van der Waals surface area contributed by atoms with E-state index in [1.807, 2.05) is 0 Å². The van der Waals surface area contributed by atoms with E-state index in [1.54, 1.807) is 41.3 Å². The molecule has 2 heterocycles. The number of carbonyl (C=O) groups excluding carboxylic acids is 1. The molecular formula is C22H21F2N3O2. The zero-order valence-corrected chi connectivity index (χ0v) is 15.9. The van der Waals surface area contributed by atoms with Crippen LogP contribution in [0.15, 0.2) is 53.1 Å². The molecule has 1 unspecified atom stereocenters. The molecule has 0 radical (unpaired) electrons. The van der Waals surface area contributed by atoms with E-state index in [0.717, 1.165) is 12.8 Å². The molecule has 0 aliphatic carbocycles. The molecule has 1 saturated heterocycles. The summed E-state index contributed by atoms with van der Waals surface area (Å²) >= 11 is 0. The minimum Gasteiger partial charge on any atom is -0.342 e. The van der Waals surface area contributed by atoms with Crippen molar-refractivity contribution in [3.05, 3.63) is 71.6 Å². The summed E-state index contributed by atoms with van der Waals surface area (Å²) in [6.07, 6.45) is 2.37. The number of nitrogens with zero attached hydrogens (tertiary/aromatic N) is 3. The second-order valence-corrected chi connectivity index (χ2v) is 7.31. The molecule has 4 rings (SSSR count). The maximum atomic E-state index is 13.9. The van der Waals surface area contributed by atoms with Crippen LogP contribution in [0.2, 0.25) is 0 Å². The first-order chi connectivity index (χ1) is 14.1. The lowest BCUT2D eigenvalue weighted by Crippen LogP contribution is -2.41. The van der Waals surface area contributed by atoms with Crippen molar-refractivity contribution < 1.29 is 18.1 Å². The molecule has 29 heavy (non-hydrogen) atoms. The Balaban J connectivity index is 1.39. The lowest BCUT2D eigenvalue weighted by Gasteiger charge is -2.32. The smallest absolute Gasteiger partial charge is 0.227 e. The monoisotopic (exact) mass is 397 g/mol. The van der Waals surface area contributed by atoms with Gasteiger partial charge in [-0.25, -0.2) is 8.78 Å². The number of rotatable bonds is 5. The van der Waals surface area contributed by atoms with E-state index >= 15 is 0 Å². The summed E-state index contributed by atoms with van der Waals surface area (Å²) in [6.45, 7) is 1.22. The number of aromatic nitrogens is 2. The van der Waals surface area contributed by atoms with Gasteiger partial charge in [0.15, 0.2) is 0 Å². The Bertz CT molecular complexity index is 1000. The van der Waals surface area contributed by atoms with E-state index in [-0.39, 0.29) is 29.9 Å². The Hall–Kier alpha value is -3.09. The summed E-state index contributed by atoms with van der Waals surface area (Å²) in [5.74, 6) is -0.0268. The Kier molecular flexibility index (Phi) is 5.64. The first-order valence-electron chi connectivity index (χ1n) is 9.69. The Labute approximate surface area is 167 Å². The predicted octanol–water partition coefficient (Wildman–Crippen LogP) is 4.04. The molecule has 0 saturated carbocycles. The van der Waals surface area contributed by atoms with Gasteiger partial charge in [-0.3, -0.25) is 4.79 Å². The van der Waals surface area contributed by atoms with Crippen LogP contribution in [0, 0.1) is 17.6 Å². The zero-order valence-electron chi connectivity index (χ0n) is 15.9. The summed E-state index contributed by atoms with van der Waals surface area (Å²) in [4.78, 5) is 18.7. The fourth-order valence-electron chi connectivity index (χ4n) is 3.71. The summed E-state index contributed by atoms with van der Waals surface area (Å²) in [6, 6.07) is 12.6. The average Bonchev–Trinajstić information content (AvgIpc) is 3.18. The van der Waals surface area contributed by atoms with Gasteiger partial charge in [0.05, 0.1) is 12.0 Å². The third kappa shape index (κ3) is 4.50. The molecule has 7 heteroatoms. The molecule has 150 valence electrons. The van der Waals surface area contributed by atoms with Crippen molar-refractivity contribution in [1.29, 1.82) is 0 Å². The van der Waals surface area contributed by atoms with Crippen molar-refractivity contribution in [1.82, 2.24) is 15.0 Å². The number of halogens is 2. The number of hydrogen-bond acceptors (Lipinski definition) is 4. The van der Waals surface area contributed by atoms with Crippen LogP contribution >= 0.6 is 0 Å². The lowest BCUT2D eigenvalue weighted by molar-refractivity contribution is -0.132. The summed E-state index contributed by atoms with van der Waals surface area (Å²) in [5, 5.41) is 3.88. The minimum absolute atomic E-state index is 0.0530. The van der Waals surface area contributed by atoms with E-state index in [4.69, 9.17) is 4.52 Å². The second-order valence-electron chi connectivity index (χ2n) is 7.31. The number of piperidine rings is 1. The van der Waals surface area contributed by atoms with Gasteiger partial charge in [0.2, 0.25) is 17.6 Å². The summed E-state index contributed by atoms with van der Waals surface area (Å²) in [7, 11) is 0. The summed E-state index contributed by atoms with van der Waals surface area (Å²) in [5.41, 5.74) is 0.707. The third-order valence-electron chi connectivity index (χ3n) is 5.22. The molecule has 1 atom stereocenters. The highest BCUT2D eigenvalue weighted by Gasteiger charge is 2.26. The molecule has 5 nitrogen and oxygen atoms in total. The first-order valence-corrected chi connectivity index (χ1v) is 9.69. The maximum absolute atomic E-state index is 13.9. The van der Waals surface area contributed by atoms with Crippen molar-refractivity contribution in [2.24, 2.45) is 5.92 Å². The van der Waals surface area contributed by atoms with Crippen molar-refractivity contribution in [2.45, 2.75) is 25.7 Å². The second kappa shape index (κ2) is 8.51. The highest BCUT2D eigenvalue weighted by Crippen LogP contribution is 2.24. The minimum atomic E-state index is -0.401. The molecule has 0 bridgehead atoms. The molecule has 1 aliphatic rings. The quantitative estimate of drug-likeness (QED) is 0.652. The molecule has 1 amide bonds. The van der Waals surface area contributed by atoms with Crippen LogP contribution in [0.25, 0.3) is 11.4 Å². The molecule has 1 aromatic heterocycles. The molecular weight excluding hydrogens is 376 g/mol. The van der Waals surface area contributed by atoms with E-state index < -0.39 is 5.82 Å². The van der Waals surface area contributed by atoms with Gasteiger partial charge in [0.25, 0.3) is 0 Å². The molecule has 2 aromatic carbocycles. The van der Waals surface area contributed by atoms with Crippen LogP contribution in [0.4, 0.5) is 8.78 Å². The summed E-state index contributed by atoms with van der Waals surface area (Å²) < 4.78 is 33.0. The molecule has 0 spiro atoms. The van der Waals surface area contributed by atoms with Gasteiger partial charge in [-0.05, 0) is 42.5 Å². The highest BCUT2D eigenvalue weighted by atomic mass is 19.1. The van der Waals surface area contributed by atoms with Crippen LogP contribution in [-0.2, 0) is 17.6 Å². The van der Waals surface area contributed by atoms with Gasteiger partial charge in [0, 0.05) is 19.5 Å². The van der Waals surface area contributed by atoms with Crippen LogP contribution in [-0.4, -0.2) is 34.0 Å². The highest BCUT2D eigenvalue weighted by molar-refractivity contribution is 5.79. The van der Waals surface area contributed by atoms with Crippen LogP contribution in [0.5, 0.6) is 0 Å². The van der Waals surface area contributed by atoms with Gasteiger partial charge in [-0.1, -0.05) is 35.5 Å². The SMILES string of the molecule is O=C(Cc1ccccc1F)N1CCCC(Cc2nc(-c3ccccc3F)no2)C1. The predicted molar refractivity (Wildman–Crippen MR) is 103 cm³/mol. The van der Waals surface area contributed by atoms with Crippen LogP contribution in [0.1, 0.15) is 24.3 Å². The van der Waals surface area contributed by atoms with Gasteiger partial charge in [-0.15, -0.1) is 0 Å². The molecule has 1 fully saturated rings. The standard InChI is InChI=1S/C22H21F2N3O2/c23-18-9-3-1-7-16(18)13-21(28)27-11-5-6-15(14-27)12-20-25-22(26-29-20)17-8-2-4-10-19(17)24/h1-4,7-10,15H,5-6,11-14H2. The number of likely N-dealkylation sites (tertiary alicyclic amines) is 1. The number of benzene rings is 2. The van der Waals surface area contributed by atoms with Crippen molar-refractivity contribution >= 4 is 5.91 Å². The Morgan fingerprint density at radius 1 is 1.10 bits per heavy atom. The number of hydrogen-bond donors (Lipinski definition) is 0. The van der Waals surface area contributed by atoms with Gasteiger partial charge >= 0.3 is 0 Å². The van der Waals surface area contributed by atoms with Gasteiger partial charge < -0.3 is 9.42 Å².